The molecule has 0 fully saturated rings. The Kier molecular flexibility index (Phi) is 6.29. The normalized spacial score (nSPS) is 11.3. The zero-order valence-electron chi connectivity index (χ0n) is 15.4. The van der Waals surface area contributed by atoms with Gasteiger partial charge in [-0.2, -0.15) is 0 Å². The van der Waals surface area contributed by atoms with Crippen molar-refractivity contribution in [3.8, 4) is 11.1 Å². The van der Waals surface area contributed by atoms with Crippen LogP contribution in [0.5, 0.6) is 0 Å². The Bertz CT molecular complexity index is 1180. The second-order valence-corrected chi connectivity index (χ2v) is 9.29. The first-order valence-electron chi connectivity index (χ1n) is 8.59. The largest absolute Gasteiger partial charge is 0.326 e. The molecule has 0 saturated heterocycles. The van der Waals surface area contributed by atoms with Crippen molar-refractivity contribution in [2.24, 2.45) is 5.73 Å². The van der Waals surface area contributed by atoms with Crippen LogP contribution in [0.1, 0.15) is 15.9 Å². The van der Waals surface area contributed by atoms with Gasteiger partial charge in [0, 0.05) is 29.1 Å². The lowest BCUT2D eigenvalue weighted by molar-refractivity contribution is 0.102. The fraction of sp³-hybridized carbons (Fsp3) is 0.0952. The Morgan fingerprint density at radius 3 is 2.24 bits per heavy atom. The first kappa shape index (κ1) is 21.3. The summed E-state index contributed by atoms with van der Waals surface area (Å²) < 4.78 is 23.2. The molecule has 3 aromatic carbocycles. The van der Waals surface area contributed by atoms with Gasteiger partial charge in [-0.25, -0.2) is 8.42 Å². The second kappa shape index (κ2) is 8.55. The van der Waals surface area contributed by atoms with E-state index in [1.165, 1.54) is 18.2 Å². The van der Waals surface area contributed by atoms with E-state index in [9.17, 15) is 13.2 Å². The summed E-state index contributed by atoms with van der Waals surface area (Å²) in [6.45, 7) is 0.447. The predicted molar refractivity (Wildman–Crippen MR) is 117 cm³/mol. The van der Waals surface area contributed by atoms with Crippen molar-refractivity contribution in [3.05, 3.63) is 81.8 Å². The van der Waals surface area contributed by atoms with Gasteiger partial charge < -0.3 is 11.1 Å². The lowest BCUT2D eigenvalue weighted by Gasteiger charge is -2.11. The highest BCUT2D eigenvalue weighted by molar-refractivity contribution is 7.90. The molecule has 0 bridgehead atoms. The molecule has 0 saturated carbocycles. The van der Waals surface area contributed by atoms with Gasteiger partial charge in [-0.1, -0.05) is 47.5 Å². The minimum Gasteiger partial charge on any atom is -0.326 e. The minimum atomic E-state index is -3.41. The lowest BCUT2D eigenvalue weighted by atomic mass is 10.0. The van der Waals surface area contributed by atoms with E-state index in [-0.39, 0.29) is 15.5 Å². The molecule has 0 aliphatic heterocycles. The molecular weight excluding hydrogens is 431 g/mol. The van der Waals surface area contributed by atoms with Crippen LogP contribution in [0.15, 0.2) is 65.6 Å². The van der Waals surface area contributed by atoms with Gasteiger partial charge in [0.05, 0.1) is 15.5 Å². The summed E-state index contributed by atoms with van der Waals surface area (Å²) in [5.74, 6) is -0.457. The number of amides is 1. The van der Waals surface area contributed by atoms with Crippen LogP contribution < -0.4 is 11.1 Å². The fourth-order valence-electron chi connectivity index (χ4n) is 2.75. The zero-order valence-corrected chi connectivity index (χ0v) is 17.8. The molecule has 0 unspecified atom stereocenters. The Balaban J connectivity index is 1.88. The molecule has 3 N–H and O–H groups in total. The highest BCUT2D eigenvalue weighted by Crippen LogP contribution is 2.31. The number of nitrogens with one attached hydrogen (secondary N) is 1. The quantitative estimate of drug-likeness (QED) is 0.587. The molecule has 0 aromatic heterocycles. The van der Waals surface area contributed by atoms with Gasteiger partial charge in [0.2, 0.25) is 0 Å². The third-order valence-electron chi connectivity index (χ3n) is 4.34. The number of halogens is 2. The van der Waals surface area contributed by atoms with E-state index < -0.39 is 15.7 Å². The number of sulfone groups is 1. The topological polar surface area (TPSA) is 89.3 Å². The zero-order chi connectivity index (χ0) is 21.2. The van der Waals surface area contributed by atoms with Gasteiger partial charge >= 0.3 is 0 Å². The SMILES string of the molecule is CS(=O)(=O)c1ccc(C(=O)Nc2ccc(Cl)c(-c3ccc(CN)cc3)c2)c(Cl)c1. The highest BCUT2D eigenvalue weighted by atomic mass is 35.5. The van der Waals surface area contributed by atoms with Gasteiger partial charge in [-0.3, -0.25) is 4.79 Å². The van der Waals surface area contributed by atoms with Crippen LogP contribution in [-0.4, -0.2) is 20.6 Å². The summed E-state index contributed by atoms with van der Waals surface area (Å²) >= 11 is 12.4. The third-order valence-corrected chi connectivity index (χ3v) is 6.09. The summed E-state index contributed by atoms with van der Waals surface area (Å²) in [7, 11) is -3.41. The van der Waals surface area contributed by atoms with Crippen molar-refractivity contribution in [1.29, 1.82) is 0 Å². The van der Waals surface area contributed by atoms with Crippen molar-refractivity contribution < 1.29 is 13.2 Å². The van der Waals surface area contributed by atoms with E-state index in [0.29, 0.717) is 17.3 Å². The van der Waals surface area contributed by atoms with Crippen LogP contribution in [0.3, 0.4) is 0 Å². The van der Waals surface area contributed by atoms with Crippen LogP contribution in [0.4, 0.5) is 5.69 Å². The Morgan fingerprint density at radius 1 is 0.966 bits per heavy atom. The Labute approximate surface area is 179 Å². The summed E-state index contributed by atoms with van der Waals surface area (Å²) in [6.07, 6.45) is 1.08. The molecule has 1 amide bonds. The van der Waals surface area contributed by atoms with E-state index >= 15 is 0 Å². The average molecular weight is 449 g/mol. The third kappa shape index (κ3) is 4.97. The van der Waals surface area contributed by atoms with Crippen molar-refractivity contribution in [2.45, 2.75) is 11.4 Å². The van der Waals surface area contributed by atoms with Crippen LogP contribution in [-0.2, 0) is 16.4 Å². The Morgan fingerprint density at radius 2 is 1.66 bits per heavy atom. The number of nitrogens with two attached hydrogens (primary N) is 1. The van der Waals surface area contributed by atoms with Crippen LogP contribution in [0.2, 0.25) is 10.0 Å². The van der Waals surface area contributed by atoms with E-state index in [2.05, 4.69) is 5.32 Å². The number of hydrogen-bond donors (Lipinski definition) is 2. The van der Waals surface area contributed by atoms with Crippen LogP contribution in [0.25, 0.3) is 11.1 Å². The van der Waals surface area contributed by atoms with Gasteiger partial charge in [-0.15, -0.1) is 0 Å². The summed E-state index contributed by atoms with van der Waals surface area (Å²) in [5.41, 5.74) is 8.97. The molecule has 0 aliphatic carbocycles. The molecular formula is C21H18Cl2N2O3S. The van der Waals surface area contributed by atoms with Crippen LogP contribution in [0, 0.1) is 0 Å². The van der Waals surface area contributed by atoms with E-state index in [1.807, 2.05) is 24.3 Å². The molecule has 29 heavy (non-hydrogen) atoms. The van der Waals surface area contributed by atoms with Crippen molar-refractivity contribution in [3.63, 3.8) is 0 Å². The number of carbonyl (C=O) groups excluding carboxylic acids is 1. The second-order valence-electron chi connectivity index (χ2n) is 6.46. The highest BCUT2D eigenvalue weighted by Gasteiger charge is 2.15. The molecule has 3 rings (SSSR count). The van der Waals surface area contributed by atoms with E-state index in [0.717, 1.165) is 22.9 Å². The lowest BCUT2D eigenvalue weighted by Crippen LogP contribution is -2.13. The standard InChI is InChI=1S/C21H18Cl2N2O3S/c1-29(27,28)16-7-8-17(20(23)11-16)21(26)25-15-6-9-19(22)18(10-15)14-4-2-13(12-24)3-5-14/h2-11H,12,24H2,1H3,(H,25,26). The molecule has 0 spiro atoms. The van der Waals surface area contributed by atoms with Gasteiger partial charge in [-0.05, 0) is 47.5 Å². The average Bonchev–Trinajstić information content (AvgIpc) is 2.68. The number of carbonyl (C=O) groups is 1. The maximum Gasteiger partial charge on any atom is 0.257 e. The van der Waals surface area contributed by atoms with E-state index in [4.69, 9.17) is 28.9 Å². The van der Waals surface area contributed by atoms with Gasteiger partial charge in [0.15, 0.2) is 9.84 Å². The molecule has 150 valence electrons. The summed E-state index contributed by atoms with van der Waals surface area (Å²) in [5, 5.41) is 3.36. The Hall–Kier alpha value is -2.38. The summed E-state index contributed by atoms with van der Waals surface area (Å²) in [4.78, 5) is 12.7. The van der Waals surface area contributed by atoms with Gasteiger partial charge in [0.1, 0.15) is 0 Å². The number of hydrogen-bond acceptors (Lipinski definition) is 4. The van der Waals surface area contributed by atoms with Crippen LogP contribution >= 0.6 is 23.2 Å². The van der Waals surface area contributed by atoms with Crippen molar-refractivity contribution in [1.82, 2.24) is 0 Å². The summed E-state index contributed by atoms with van der Waals surface area (Å²) in [6, 6.07) is 16.8. The maximum absolute atomic E-state index is 12.6. The smallest absolute Gasteiger partial charge is 0.257 e. The number of benzene rings is 3. The molecule has 0 aliphatic rings. The number of anilines is 1. The number of rotatable bonds is 5. The molecule has 0 heterocycles. The monoisotopic (exact) mass is 448 g/mol. The first-order valence-corrected chi connectivity index (χ1v) is 11.2. The fourth-order valence-corrected chi connectivity index (χ4v) is 3.96. The van der Waals surface area contributed by atoms with Crippen molar-refractivity contribution >= 4 is 44.6 Å². The van der Waals surface area contributed by atoms with Gasteiger partial charge in [0.25, 0.3) is 5.91 Å². The predicted octanol–water partition coefficient (Wildman–Crippen LogP) is 4.77. The molecule has 8 heteroatoms. The minimum absolute atomic E-state index is 0.0498. The molecule has 0 atom stereocenters. The molecule has 0 radical (unpaired) electrons. The molecule has 3 aromatic rings. The first-order chi connectivity index (χ1) is 13.7. The molecule has 5 nitrogen and oxygen atoms in total. The van der Waals surface area contributed by atoms with E-state index in [1.54, 1.807) is 18.2 Å². The maximum atomic E-state index is 12.6. The van der Waals surface area contributed by atoms with Crippen molar-refractivity contribution in [2.75, 3.05) is 11.6 Å².